The molecule has 0 unspecified atom stereocenters. The lowest BCUT2D eigenvalue weighted by Gasteiger charge is -2.15. The van der Waals surface area contributed by atoms with Gasteiger partial charge < -0.3 is 14.8 Å². The summed E-state index contributed by atoms with van der Waals surface area (Å²) in [6.45, 7) is 3.92. The fourth-order valence-electron chi connectivity index (χ4n) is 2.98. The van der Waals surface area contributed by atoms with Gasteiger partial charge in [-0.05, 0) is 80.1 Å². The fourth-order valence-corrected chi connectivity index (χ4v) is 4.04. The molecule has 3 aromatic rings. The summed E-state index contributed by atoms with van der Waals surface area (Å²) < 4.78 is 51.5. The van der Waals surface area contributed by atoms with Gasteiger partial charge in [0.25, 0.3) is 15.9 Å². The van der Waals surface area contributed by atoms with Crippen LogP contribution in [0.1, 0.15) is 25.5 Å². The number of ether oxygens (including phenoxy) is 2. The monoisotopic (exact) mass is 472 g/mol. The molecule has 3 aromatic carbocycles. The Labute approximate surface area is 192 Å². The van der Waals surface area contributed by atoms with Gasteiger partial charge in [0, 0.05) is 5.69 Å². The van der Waals surface area contributed by atoms with Crippen LogP contribution in [0.15, 0.2) is 77.7 Å². The second-order valence-electron chi connectivity index (χ2n) is 7.16. The number of hydrogen-bond donors (Lipinski definition) is 2. The summed E-state index contributed by atoms with van der Waals surface area (Å²) in [6.07, 6.45) is 0. The van der Waals surface area contributed by atoms with Crippen molar-refractivity contribution < 1.29 is 27.1 Å². The topological polar surface area (TPSA) is 93.7 Å². The molecule has 3 rings (SSSR count). The summed E-state index contributed by atoms with van der Waals surface area (Å²) in [5.41, 5.74) is 1.17. The van der Waals surface area contributed by atoms with Gasteiger partial charge in [0.05, 0.1) is 17.5 Å². The van der Waals surface area contributed by atoms with Gasteiger partial charge in [-0.1, -0.05) is 12.1 Å². The number of carbonyl (C=O) groups excluding carboxylic acids is 1. The number of amides is 1. The molecule has 0 aliphatic rings. The van der Waals surface area contributed by atoms with E-state index in [1.54, 1.807) is 43.3 Å². The lowest BCUT2D eigenvalue weighted by Crippen LogP contribution is -2.31. The second-order valence-corrected chi connectivity index (χ2v) is 8.85. The molecule has 0 bridgehead atoms. The Bertz CT molecular complexity index is 1160. The highest BCUT2D eigenvalue weighted by atomic mass is 32.2. The molecule has 0 saturated heterocycles. The number of hydrogen-bond acceptors (Lipinski definition) is 5. The molecule has 0 saturated carbocycles. The van der Waals surface area contributed by atoms with E-state index in [-0.39, 0.29) is 29.3 Å². The highest BCUT2D eigenvalue weighted by Gasteiger charge is 2.15. The molecule has 2 N–H and O–H groups in total. The minimum Gasteiger partial charge on any atom is -0.494 e. The van der Waals surface area contributed by atoms with E-state index in [4.69, 9.17) is 9.47 Å². The van der Waals surface area contributed by atoms with Gasteiger partial charge >= 0.3 is 0 Å². The normalized spacial score (nSPS) is 12.0. The van der Waals surface area contributed by atoms with Crippen LogP contribution in [0.4, 0.5) is 10.1 Å². The predicted molar refractivity (Wildman–Crippen MR) is 123 cm³/mol. The van der Waals surface area contributed by atoms with Crippen LogP contribution in [0.25, 0.3) is 0 Å². The van der Waals surface area contributed by atoms with Crippen LogP contribution < -0.4 is 19.5 Å². The van der Waals surface area contributed by atoms with Crippen molar-refractivity contribution in [1.82, 2.24) is 5.32 Å². The predicted octanol–water partition coefficient (Wildman–Crippen LogP) is 4.28. The van der Waals surface area contributed by atoms with Gasteiger partial charge in [-0.15, -0.1) is 0 Å². The van der Waals surface area contributed by atoms with E-state index in [9.17, 15) is 17.6 Å². The summed E-state index contributed by atoms with van der Waals surface area (Å²) in [7, 11) is -3.79. The Hall–Kier alpha value is -3.59. The molecule has 33 heavy (non-hydrogen) atoms. The summed E-state index contributed by atoms with van der Waals surface area (Å²) in [5, 5.41) is 2.76. The number of carbonyl (C=O) groups is 1. The average Bonchev–Trinajstić information content (AvgIpc) is 2.80. The first-order chi connectivity index (χ1) is 15.8. The minimum atomic E-state index is -3.79. The van der Waals surface area contributed by atoms with Gasteiger partial charge in [-0.2, -0.15) is 0 Å². The van der Waals surface area contributed by atoms with E-state index >= 15 is 0 Å². The maximum atomic E-state index is 13.0. The first-order valence-corrected chi connectivity index (χ1v) is 11.8. The Kier molecular flexibility index (Phi) is 7.89. The number of anilines is 1. The van der Waals surface area contributed by atoms with E-state index in [1.165, 1.54) is 36.4 Å². The number of rotatable bonds is 10. The van der Waals surface area contributed by atoms with Crippen LogP contribution in [-0.2, 0) is 14.8 Å². The van der Waals surface area contributed by atoms with Crippen LogP contribution in [0.5, 0.6) is 11.5 Å². The summed E-state index contributed by atoms with van der Waals surface area (Å²) in [4.78, 5) is 12.2. The lowest BCUT2D eigenvalue weighted by molar-refractivity contribution is -0.123. The molecule has 7 nitrogen and oxygen atoms in total. The number of nitrogens with one attached hydrogen (secondary N) is 2. The molecular weight excluding hydrogens is 447 g/mol. The van der Waals surface area contributed by atoms with Crippen molar-refractivity contribution in [3.05, 3.63) is 84.2 Å². The molecule has 0 fully saturated rings. The standard InChI is InChI=1S/C24H25FN2O5S/c1-3-31-21-10-8-20(9-11-21)27-33(29,30)23-14-12-22(13-15-23)32-16-24(28)26-17(2)18-4-6-19(25)7-5-18/h4-15,17,27H,3,16H2,1-2H3,(H,26,28)/t17-/m1/s1. The third kappa shape index (κ3) is 6.95. The second kappa shape index (κ2) is 10.8. The molecule has 0 aromatic heterocycles. The highest BCUT2D eigenvalue weighted by molar-refractivity contribution is 7.92. The van der Waals surface area contributed by atoms with E-state index in [2.05, 4.69) is 10.0 Å². The van der Waals surface area contributed by atoms with Crippen molar-refractivity contribution in [3.8, 4) is 11.5 Å². The molecule has 9 heteroatoms. The number of halogens is 1. The van der Waals surface area contributed by atoms with Crippen LogP contribution >= 0.6 is 0 Å². The van der Waals surface area contributed by atoms with Crippen LogP contribution in [0.2, 0.25) is 0 Å². The summed E-state index contributed by atoms with van der Waals surface area (Å²) in [5.74, 6) is 0.291. The maximum absolute atomic E-state index is 13.0. The highest BCUT2D eigenvalue weighted by Crippen LogP contribution is 2.21. The van der Waals surface area contributed by atoms with E-state index < -0.39 is 10.0 Å². The molecule has 1 atom stereocenters. The van der Waals surface area contributed by atoms with Gasteiger partial charge in [0.2, 0.25) is 0 Å². The fraction of sp³-hybridized carbons (Fsp3) is 0.208. The van der Waals surface area contributed by atoms with E-state index in [1.807, 2.05) is 6.92 Å². The third-order valence-corrected chi connectivity index (χ3v) is 6.07. The zero-order valence-corrected chi connectivity index (χ0v) is 19.1. The molecule has 0 spiro atoms. The molecule has 174 valence electrons. The molecular formula is C24H25FN2O5S. The Morgan fingerprint density at radius 1 is 0.909 bits per heavy atom. The Balaban J connectivity index is 1.53. The third-order valence-electron chi connectivity index (χ3n) is 4.67. The molecule has 0 aliphatic carbocycles. The van der Waals surface area contributed by atoms with Crippen LogP contribution in [0.3, 0.4) is 0 Å². The lowest BCUT2D eigenvalue weighted by atomic mass is 10.1. The Morgan fingerprint density at radius 2 is 1.48 bits per heavy atom. The zero-order valence-electron chi connectivity index (χ0n) is 18.2. The summed E-state index contributed by atoms with van der Waals surface area (Å²) >= 11 is 0. The summed E-state index contributed by atoms with van der Waals surface area (Å²) in [6, 6.07) is 17.9. The van der Waals surface area contributed by atoms with E-state index in [0.29, 0.717) is 23.8 Å². The number of sulfonamides is 1. The average molecular weight is 473 g/mol. The Morgan fingerprint density at radius 3 is 2.09 bits per heavy atom. The SMILES string of the molecule is CCOc1ccc(NS(=O)(=O)c2ccc(OCC(=O)N[C@H](C)c3ccc(F)cc3)cc2)cc1. The minimum absolute atomic E-state index is 0.0538. The largest absolute Gasteiger partial charge is 0.494 e. The van der Waals surface area contributed by atoms with Crippen molar-refractivity contribution in [2.45, 2.75) is 24.8 Å². The molecule has 0 radical (unpaired) electrons. The van der Waals surface area contributed by atoms with Crippen LogP contribution in [-0.4, -0.2) is 27.5 Å². The van der Waals surface area contributed by atoms with Crippen molar-refractivity contribution in [3.63, 3.8) is 0 Å². The maximum Gasteiger partial charge on any atom is 0.261 e. The zero-order chi connectivity index (χ0) is 23.8. The quantitative estimate of drug-likeness (QED) is 0.459. The van der Waals surface area contributed by atoms with Gasteiger partial charge in [-0.25, -0.2) is 12.8 Å². The van der Waals surface area contributed by atoms with Gasteiger partial charge in [-0.3, -0.25) is 9.52 Å². The smallest absolute Gasteiger partial charge is 0.261 e. The van der Waals surface area contributed by atoms with E-state index in [0.717, 1.165) is 5.56 Å². The van der Waals surface area contributed by atoms with Gasteiger partial charge in [0.15, 0.2) is 6.61 Å². The molecule has 0 aliphatic heterocycles. The van der Waals surface area contributed by atoms with Crippen molar-refractivity contribution in [1.29, 1.82) is 0 Å². The number of benzene rings is 3. The van der Waals surface area contributed by atoms with Crippen LogP contribution in [0, 0.1) is 5.82 Å². The molecule has 0 heterocycles. The first kappa shape index (κ1) is 24.1. The van der Waals surface area contributed by atoms with Crippen molar-refractivity contribution in [2.24, 2.45) is 0 Å². The van der Waals surface area contributed by atoms with Gasteiger partial charge in [0.1, 0.15) is 17.3 Å². The first-order valence-electron chi connectivity index (χ1n) is 10.3. The van der Waals surface area contributed by atoms with Crippen molar-refractivity contribution in [2.75, 3.05) is 17.9 Å². The van der Waals surface area contributed by atoms with Crippen molar-refractivity contribution >= 4 is 21.6 Å². The molecule has 1 amide bonds.